The molecule has 0 unspecified atom stereocenters. The predicted molar refractivity (Wildman–Crippen MR) is 162 cm³/mol. The molecule has 1 aromatic rings. The zero-order valence-corrected chi connectivity index (χ0v) is 25.3. The van der Waals surface area contributed by atoms with Crippen molar-refractivity contribution < 1.29 is 4.18 Å². The van der Waals surface area contributed by atoms with Gasteiger partial charge in [0.05, 0.1) is 19.3 Å². The molecule has 0 saturated heterocycles. The van der Waals surface area contributed by atoms with E-state index in [1.165, 1.54) is 75.6 Å². The van der Waals surface area contributed by atoms with Gasteiger partial charge in [0, 0.05) is 6.54 Å². The van der Waals surface area contributed by atoms with Crippen LogP contribution in [0.4, 0.5) is 0 Å². The Bertz CT molecular complexity index is 727. The average Bonchev–Trinajstić information content (AvgIpc) is 2.94. The van der Waals surface area contributed by atoms with E-state index in [0.29, 0.717) is 0 Å². The largest absolute Gasteiger partial charge is 0.304 e. The fraction of sp³-hybridized carbons (Fsp3) is 0.824. The topological polar surface area (TPSA) is 12.5 Å². The van der Waals surface area contributed by atoms with Crippen LogP contribution < -0.4 is 0 Å². The van der Waals surface area contributed by atoms with Crippen LogP contribution in [0.15, 0.2) is 24.3 Å². The molecule has 0 radical (unpaired) electrons. The minimum atomic E-state index is 0.804. The molecule has 37 heavy (non-hydrogen) atoms. The van der Waals surface area contributed by atoms with Crippen LogP contribution in [0.1, 0.15) is 133 Å². The van der Waals surface area contributed by atoms with E-state index in [-0.39, 0.29) is 0 Å². The molecule has 0 spiro atoms. The van der Waals surface area contributed by atoms with Crippen LogP contribution in [-0.2, 0) is 10.6 Å². The van der Waals surface area contributed by atoms with Crippen molar-refractivity contribution in [1.29, 1.82) is 0 Å². The summed E-state index contributed by atoms with van der Waals surface area (Å²) in [4.78, 5) is 0. The Morgan fingerprint density at radius 2 is 1.27 bits per heavy atom. The SMILES string of the molecule is CCCCCC1CCC(C2CCC(C3CCC(c4ccc(CCCN(C)SOC)cc4)CC3)CC2)CC1. The second-order valence-electron chi connectivity index (χ2n) is 13.0. The van der Waals surface area contributed by atoms with Crippen molar-refractivity contribution in [2.75, 3.05) is 20.7 Å². The molecule has 0 aliphatic heterocycles. The van der Waals surface area contributed by atoms with Crippen LogP contribution in [-0.4, -0.2) is 25.0 Å². The van der Waals surface area contributed by atoms with Crippen molar-refractivity contribution in [3.63, 3.8) is 0 Å². The van der Waals surface area contributed by atoms with Crippen LogP contribution >= 0.6 is 12.2 Å². The maximum atomic E-state index is 5.12. The number of benzene rings is 1. The Hall–Kier alpha value is -0.510. The fourth-order valence-corrected chi connectivity index (χ4v) is 8.73. The normalized spacial score (nSPS) is 31.0. The van der Waals surface area contributed by atoms with Gasteiger partial charge in [-0.15, -0.1) is 0 Å². The van der Waals surface area contributed by atoms with Crippen LogP contribution in [0.5, 0.6) is 0 Å². The monoisotopic (exact) mass is 527 g/mol. The maximum Gasteiger partial charge on any atom is 0.0813 e. The summed E-state index contributed by atoms with van der Waals surface area (Å²) in [7, 11) is 3.83. The van der Waals surface area contributed by atoms with E-state index in [1.54, 1.807) is 64.0 Å². The van der Waals surface area contributed by atoms with E-state index >= 15 is 0 Å². The molecule has 210 valence electrons. The van der Waals surface area contributed by atoms with Crippen molar-refractivity contribution in [2.45, 2.75) is 128 Å². The Kier molecular flexibility index (Phi) is 12.7. The van der Waals surface area contributed by atoms with Crippen molar-refractivity contribution in [1.82, 2.24) is 4.31 Å². The lowest BCUT2D eigenvalue weighted by molar-refractivity contribution is 0.108. The summed E-state index contributed by atoms with van der Waals surface area (Å²) < 4.78 is 7.29. The van der Waals surface area contributed by atoms with Gasteiger partial charge < -0.3 is 4.18 Å². The number of unbranched alkanes of at least 4 members (excludes halogenated alkanes) is 2. The standard InChI is InChI=1S/C34H57NOS/c1-4-5-6-8-27-10-14-29(15-11-27)31-18-22-33(23-19-31)34-24-20-32(21-25-34)30-16-12-28(13-17-30)9-7-26-35(2)37-36-3/h12-13,16-17,27,29,31-34H,4-11,14-15,18-26H2,1-3H3. The van der Waals surface area contributed by atoms with Gasteiger partial charge in [-0.25, -0.2) is 4.31 Å². The van der Waals surface area contributed by atoms with Gasteiger partial charge in [-0.05, 0) is 131 Å². The van der Waals surface area contributed by atoms with Crippen LogP contribution in [0.2, 0.25) is 0 Å². The molecule has 3 fully saturated rings. The first-order chi connectivity index (χ1) is 18.2. The summed E-state index contributed by atoms with van der Waals surface area (Å²) in [5.41, 5.74) is 3.08. The molecule has 0 bridgehead atoms. The van der Waals surface area contributed by atoms with Gasteiger partial charge in [0.25, 0.3) is 0 Å². The summed E-state index contributed by atoms with van der Waals surface area (Å²) in [6.07, 6.45) is 26.4. The fourth-order valence-electron chi connectivity index (χ4n) is 8.27. The highest BCUT2D eigenvalue weighted by Crippen LogP contribution is 2.47. The minimum Gasteiger partial charge on any atom is -0.304 e. The van der Waals surface area contributed by atoms with Crippen molar-refractivity contribution in [3.05, 3.63) is 35.4 Å². The third-order valence-electron chi connectivity index (χ3n) is 10.6. The Morgan fingerprint density at radius 3 is 1.81 bits per heavy atom. The van der Waals surface area contributed by atoms with E-state index in [0.717, 1.165) is 48.5 Å². The zero-order chi connectivity index (χ0) is 25.9. The molecule has 0 N–H and O–H groups in total. The minimum absolute atomic E-state index is 0.804. The molecule has 1 aromatic carbocycles. The average molecular weight is 528 g/mol. The highest BCUT2D eigenvalue weighted by Gasteiger charge is 2.34. The molecule has 3 aliphatic rings. The van der Waals surface area contributed by atoms with E-state index < -0.39 is 0 Å². The lowest BCUT2D eigenvalue weighted by Crippen LogP contribution is -2.29. The summed E-state index contributed by atoms with van der Waals surface area (Å²) in [6, 6.07) is 9.67. The predicted octanol–water partition coefficient (Wildman–Crippen LogP) is 10.2. The van der Waals surface area contributed by atoms with E-state index in [1.807, 2.05) is 0 Å². The van der Waals surface area contributed by atoms with Crippen molar-refractivity contribution in [2.24, 2.45) is 29.6 Å². The Labute approximate surface area is 234 Å². The molecule has 0 heterocycles. The second-order valence-corrected chi connectivity index (χ2v) is 14.1. The van der Waals surface area contributed by atoms with Crippen LogP contribution in [0, 0.1) is 29.6 Å². The summed E-state index contributed by atoms with van der Waals surface area (Å²) in [6.45, 7) is 3.40. The first-order valence-corrected chi connectivity index (χ1v) is 16.9. The lowest BCUT2D eigenvalue weighted by atomic mass is 9.64. The van der Waals surface area contributed by atoms with Gasteiger partial charge in [0.1, 0.15) is 0 Å². The third kappa shape index (κ3) is 9.28. The molecule has 4 rings (SSSR count). The van der Waals surface area contributed by atoms with E-state index in [2.05, 4.69) is 42.5 Å². The van der Waals surface area contributed by atoms with Gasteiger partial charge >= 0.3 is 0 Å². The van der Waals surface area contributed by atoms with Gasteiger partial charge in [0.15, 0.2) is 0 Å². The second kappa shape index (κ2) is 15.9. The number of hydrogen-bond acceptors (Lipinski definition) is 3. The molecular formula is C34H57NOS. The molecule has 0 aromatic heterocycles. The van der Waals surface area contributed by atoms with E-state index in [9.17, 15) is 0 Å². The third-order valence-corrected chi connectivity index (χ3v) is 11.2. The number of hydrogen-bond donors (Lipinski definition) is 0. The van der Waals surface area contributed by atoms with Crippen LogP contribution in [0.25, 0.3) is 0 Å². The number of rotatable bonds is 13. The summed E-state index contributed by atoms with van der Waals surface area (Å²) in [5.74, 6) is 6.08. The number of nitrogens with zero attached hydrogens (tertiary/aromatic N) is 1. The molecular weight excluding hydrogens is 470 g/mol. The molecule has 3 aliphatic carbocycles. The first kappa shape index (κ1) is 29.5. The Balaban J connectivity index is 1.12. The zero-order valence-electron chi connectivity index (χ0n) is 24.5. The van der Waals surface area contributed by atoms with Crippen molar-refractivity contribution >= 4 is 12.2 Å². The molecule has 0 atom stereocenters. The molecule has 3 heteroatoms. The van der Waals surface area contributed by atoms with Crippen molar-refractivity contribution in [3.8, 4) is 0 Å². The van der Waals surface area contributed by atoms with Gasteiger partial charge in [-0.2, -0.15) is 0 Å². The highest BCUT2D eigenvalue weighted by atomic mass is 32.2. The van der Waals surface area contributed by atoms with Gasteiger partial charge in [0.2, 0.25) is 0 Å². The smallest absolute Gasteiger partial charge is 0.0813 e. The Morgan fingerprint density at radius 1 is 0.730 bits per heavy atom. The highest BCUT2D eigenvalue weighted by molar-refractivity contribution is 7.92. The molecule has 2 nitrogen and oxygen atoms in total. The summed E-state index contributed by atoms with van der Waals surface area (Å²) in [5, 5.41) is 0. The number of aryl methyl sites for hydroxylation is 1. The van der Waals surface area contributed by atoms with Gasteiger partial charge in [-0.3, -0.25) is 0 Å². The van der Waals surface area contributed by atoms with E-state index in [4.69, 9.17) is 4.18 Å². The quantitative estimate of drug-likeness (QED) is 0.144. The first-order valence-electron chi connectivity index (χ1n) is 16.2. The van der Waals surface area contributed by atoms with Gasteiger partial charge in [-0.1, -0.05) is 69.7 Å². The van der Waals surface area contributed by atoms with Crippen LogP contribution in [0.3, 0.4) is 0 Å². The lowest BCUT2D eigenvalue weighted by Gasteiger charge is -2.41. The molecule has 3 saturated carbocycles. The molecule has 0 amide bonds. The maximum absolute atomic E-state index is 5.12. The summed E-state index contributed by atoms with van der Waals surface area (Å²) >= 11 is 1.44.